The molecule has 0 aromatic heterocycles. The Labute approximate surface area is 120 Å². The summed E-state index contributed by atoms with van der Waals surface area (Å²) in [7, 11) is 4.09. The van der Waals surface area contributed by atoms with E-state index in [-0.39, 0.29) is 10.6 Å². The number of nitrogens with one attached hydrogen (secondary N) is 1. The molecule has 0 spiro atoms. The van der Waals surface area contributed by atoms with E-state index in [0.29, 0.717) is 18.6 Å². The van der Waals surface area contributed by atoms with Crippen LogP contribution in [-0.4, -0.2) is 36.0 Å². The standard InChI is InChI=1S/C15H23N3O2/c1-16-13-7-9-14(10-8-13)17(2)11-12-5-3-4-6-15(12)18(19)20/h3-6,13-14,16H,7-11H2,1-2H3. The fourth-order valence-corrected chi connectivity index (χ4v) is 3.03. The van der Waals surface area contributed by atoms with Gasteiger partial charge in [0, 0.05) is 30.3 Å². The van der Waals surface area contributed by atoms with Gasteiger partial charge in [0.05, 0.1) is 4.92 Å². The Morgan fingerprint density at radius 3 is 2.55 bits per heavy atom. The maximum absolute atomic E-state index is 11.0. The normalized spacial score (nSPS) is 22.9. The van der Waals surface area contributed by atoms with Crippen LogP contribution in [0.1, 0.15) is 31.2 Å². The lowest BCUT2D eigenvalue weighted by molar-refractivity contribution is -0.385. The minimum Gasteiger partial charge on any atom is -0.317 e. The molecule has 0 radical (unpaired) electrons. The molecule has 20 heavy (non-hydrogen) atoms. The number of rotatable bonds is 5. The van der Waals surface area contributed by atoms with Crippen molar-refractivity contribution < 1.29 is 4.92 Å². The molecule has 110 valence electrons. The van der Waals surface area contributed by atoms with Gasteiger partial charge in [0.15, 0.2) is 0 Å². The van der Waals surface area contributed by atoms with Crippen LogP contribution in [0.5, 0.6) is 0 Å². The van der Waals surface area contributed by atoms with Crippen LogP contribution in [-0.2, 0) is 6.54 Å². The number of nitrogens with zero attached hydrogens (tertiary/aromatic N) is 2. The summed E-state index contributed by atoms with van der Waals surface area (Å²) in [4.78, 5) is 13.0. The summed E-state index contributed by atoms with van der Waals surface area (Å²) in [6.07, 6.45) is 4.68. The Bertz CT molecular complexity index is 456. The first kappa shape index (κ1) is 14.9. The van der Waals surface area contributed by atoms with E-state index in [1.807, 2.05) is 19.2 Å². The Kier molecular flexibility index (Phi) is 5.09. The van der Waals surface area contributed by atoms with Crippen molar-refractivity contribution >= 4 is 5.69 Å². The van der Waals surface area contributed by atoms with Gasteiger partial charge in [0.1, 0.15) is 0 Å². The van der Waals surface area contributed by atoms with Gasteiger partial charge in [-0.1, -0.05) is 18.2 Å². The van der Waals surface area contributed by atoms with E-state index in [1.165, 1.54) is 12.8 Å². The summed E-state index contributed by atoms with van der Waals surface area (Å²) in [6.45, 7) is 0.645. The van der Waals surface area contributed by atoms with Gasteiger partial charge in [0.2, 0.25) is 0 Å². The third kappa shape index (κ3) is 3.55. The zero-order chi connectivity index (χ0) is 14.5. The summed E-state index contributed by atoms with van der Waals surface area (Å²) >= 11 is 0. The monoisotopic (exact) mass is 277 g/mol. The van der Waals surface area contributed by atoms with Crippen molar-refractivity contribution in [3.63, 3.8) is 0 Å². The van der Waals surface area contributed by atoms with Crippen molar-refractivity contribution in [3.8, 4) is 0 Å². The molecule has 1 N–H and O–H groups in total. The van der Waals surface area contributed by atoms with E-state index in [2.05, 4.69) is 17.3 Å². The van der Waals surface area contributed by atoms with Gasteiger partial charge < -0.3 is 5.32 Å². The number of hydrogen-bond donors (Lipinski definition) is 1. The van der Waals surface area contributed by atoms with E-state index < -0.39 is 0 Å². The third-order valence-electron chi connectivity index (χ3n) is 4.34. The fourth-order valence-electron chi connectivity index (χ4n) is 3.03. The minimum atomic E-state index is -0.291. The van der Waals surface area contributed by atoms with Crippen molar-refractivity contribution in [2.45, 2.75) is 44.3 Å². The Balaban J connectivity index is 1.98. The molecule has 2 rings (SSSR count). The Hall–Kier alpha value is -1.46. The first-order valence-electron chi connectivity index (χ1n) is 7.21. The molecule has 1 saturated carbocycles. The predicted molar refractivity (Wildman–Crippen MR) is 79.7 cm³/mol. The van der Waals surface area contributed by atoms with Gasteiger partial charge in [0.25, 0.3) is 5.69 Å². The number of para-hydroxylation sites is 1. The molecule has 0 unspecified atom stereocenters. The van der Waals surface area contributed by atoms with E-state index in [4.69, 9.17) is 0 Å². The Morgan fingerprint density at radius 1 is 1.30 bits per heavy atom. The lowest BCUT2D eigenvalue weighted by Gasteiger charge is -2.34. The zero-order valence-electron chi connectivity index (χ0n) is 12.2. The van der Waals surface area contributed by atoms with Gasteiger partial charge in [-0.15, -0.1) is 0 Å². The number of nitro groups is 1. The second-order valence-corrected chi connectivity index (χ2v) is 5.60. The summed E-state index contributed by atoms with van der Waals surface area (Å²) < 4.78 is 0. The second-order valence-electron chi connectivity index (χ2n) is 5.60. The SMILES string of the molecule is CNC1CCC(N(C)Cc2ccccc2[N+](=O)[O-])CC1. The van der Waals surface area contributed by atoms with Crippen LogP contribution in [0.25, 0.3) is 0 Å². The molecule has 0 aliphatic heterocycles. The van der Waals surface area contributed by atoms with Crippen molar-refractivity contribution in [2.24, 2.45) is 0 Å². The molecule has 5 nitrogen and oxygen atoms in total. The van der Waals surface area contributed by atoms with Crippen LogP contribution >= 0.6 is 0 Å². The molecule has 1 aliphatic rings. The van der Waals surface area contributed by atoms with Gasteiger partial charge in [-0.2, -0.15) is 0 Å². The average Bonchev–Trinajstić information content (AvgIpc) is 2.47. The summed E-state index contributed by atoms with van der Waals surface area (Å²) in [6, 6.07) is 8.19. The second kappa shape index (κ2) is 6.81. The highest BCUT2D eigenvalue weighted by molar-refractivity contribution is 5.39. The predicted octanol–water partition coefficient (Wildman–Crippen LogP) is 2.56. The molecule has 1 aromatic rings. The fraction of sp³-hybridized carbons (Fsp3) is 0.600. The summed E-state index contributed by atoms with van der Waals surface area (Å²) in [5, 5.41) is 14.4. The maximum Gasteiger partial charge on any atom is 0.273 e. The lowest BCUT2D eigenvalue weighted by atomic mass is 9.90. The summed E-state index contributed by atoms with van der Waals surface area (Å²) in [5.74, 6) is 0. The molecule has 1 fully saturated rings. The smallest absolute Gasteiger partial charge is 0.273 e. The maximum atomic E-state index is 11.0. The minimum absolute atomic E-state index is 0.225. The largest absolute Gasteiger partial charge is 0.317 e. The molecule has 5 heteroatoms. The lowest BCUT2D eigenvalue weighted by Crippen LogP contribution is -2.39. The van der Waals surface area contributed by atoms with Crippen molar-refractivity contribution in [3.05, 3.63) is 39.9 Å². The third-order valence-corrected chi connectivity index (χ3v) is 4.34. The molecular weight excluding hydrogens is 254 g/mol. The zero-order valence-corrected chi connectivity index (χ0v) is 12.2. The van der Waals surface area contributed by atoms with Crippen LogP contribution in [0.15, 0.2) is 24.3 Å². The molecular formula is C15H23N3O2. The van der Waals surface area contributed by atoms with Gasteiger partial charge >= 0.3 is 0 Å². The topological polar surface area (TPSA) is 58.4 Å². The van der Waals surface area contributed by atoms with Crippen molar-refractivity contribution in [1.82, 2.24) is 10.2 Å². The highest BCUT2D eigenvalue weighted by Gasteiger charge is 2.24. The van der Waals surface area contributed by atoms with Gasteiger partial charge in [-0.3, -0.25) is 15.0 Å². The first-order chi connectivity index (χ1) is 9.61. The molecule has 0 heterocycles. The van der Waals surface area contributed by atoms with Crippen LogP contribution in [0, 0.1) is 10.1 Å². The summed E-state index contributed by atoms with van der Waals surface area (Å²) in [5.41, 5.74) is 1.03. The molecule has 0 saturated heterocycles. The Morgan fingerprint density at radius 2 is 1.95 bits per heavy atom. The first-order valence-corrected chi connectivity index (χ1v) is 7.21. The van der Waals surface area contributed by atoms with E-state index >= 15 is 0 Å². The van der Waals surface area contributed by atoms with E-state index in [9.17, 15) is 10.1 Å². The average molecular weight is 277 g/mol. The molecule has 0 bridgehead atoms. The quantitative estimate of drug-likeness (QED) is 0.664. The molecule has 1 aromatic carbocycles. The van der Waals surface area contributed by atoms with Gasteiger partial charge in [-0.05, 0) is 39.8 Å². The van der Waals surface area contributed by atoms with Gasteiger partial charge in [-0.25, -0.2) is 0 Å². The molecule has 0 amide bonds. The van der Waals surface area contributed by atoms with E-state index in [0.717, 1.165) is 18.4 Å². The van der Waals surface area contributed by atoms with Crippen molar-refractivity contribution in [1.29, 1.82) is 0 Å². The van der Waals surface area contributed by atoms with Crippen LogP contribution < -0.4 is 5.32 Å². The number of hydrogen-bond acceptors (Lipinski definition) is 4. The van der Waals surface area contributed by atoms with Crippen molar-refractivity contribution in [2.75, 3.05) is 14.1 Å². The van der Waals surface area contributed by atoms with Crippen LogP contribution in [0.4, 0.5) is 5.69 Å². The van der Waals surface area contributed by atoms with Crippen LogP contribution in [0.2, 0.25) is 0 Å². The highest BCUT2D eigenvalue weighted by atomic mass is 16.6. The molecule has 1 aliphatic carbocycles. The molecule has 0 atom stereocenters. The van der Waals surface area contributed by atoms with Crippen LogP contribution in [0.3, 0.4) is 0 Å². The highest BCUT2D eigenvalue weighted by Crippen LogP contribution is 2.25. The number of benzene rings is 1. The number of nitro benzene ring substituents is 1. The van der Waals surface area contributed by atoms with E-state index in [1.54, 1.807) is 12.1 Å².